The lowest BCUT2D eigenvalue weighted by atomic mass is 10.2. The minimum atomic E-state index is 0.200. The second-order valence-corrected chi connectivity index (χ2v) is 4.80. The van der Waals surface area contributed by atoms with E-state index in [0.717, 1.165) is 23.0 Å². The molecule has 0 fully saturated rings. The van der Waals surface area contributed by atoms with Gasteiger partial charge in [-0.2, -0.15) is 0 Å². The number of aliphatic hydroxyl groups is 1. The maximum absolute atomic E-state index is 8.73. The van der Waals surface area contributed by atoms with Crippen LogP contribution in [0.3, 0.4) is 0 Å². The average molecular weight is 330 g/mol. The van der Waals surface area contributed by atoms with E-state index >= 15 is 0 Å². The first-order chi connectivity index (χ1) is 9.22. The number of halogens is 1. The zero-order valence-electron chi connectivity index (χ0n) is 11.1. The number of nitrogens with one attached hydrogen (secondary N) is 1. The topological polar surface area (TPSA) is 50.7 Å². The summed E-state index contributed by atoms with van der Waals surface area (Å²) in [6.45, 7) is 5.75. The molecule has 0 aliphatic carbocycles. The molecule has 0 unspecified atom stereocenters. The van der Waals surface area contributed by atoms with Gasteiger partial charge >= 0.3 is 0 Å². The van der Waals surface area contributed by atoms with Crippen molar-refractivity contribution in [2.24, 2.45) is 0 Å². The van der Waals surface area contributed by atoms with Gasteiger partial charge < -0.3 is 19.9 Å². The molecule has 0 radical (unpaired) electrons. The van der Waals surface area contributed by atoms with Gasteiger partial charge in [-0.15, -0.1) is 0 Å². The van der Waals surface area contributed by atoms with Gasteiger partial charge in [0.15, 0.2) is 11.5 Å². The number of hydrogen-bond donors (Lipinski definition) is 2. The number of rotatable bonds is 9. The molecule has 1 aromatic carbocycles. The number of benzene rings is 1. The third kappa shape index (κ3) is 5.22. The lowest BCUT2D eigenvalue weighted by Gasteiger charge is -2.13. The van der Waals surface area contributed by atoms with Crippen LogP contribution in [0.4, 0.5) is 0 Å². The molecule has 0 amide bonds. The van der Waals surface area contributed by atoms with E-state index in [-0.39, 0.29) is 6.61 Å². The van der Waals surface area contributed by atoms with Crippen LogP contribution in [0.15, 0.2) is 29.3 Å². The van der Waals surface area contributed by atoms with Crippen LogP contribution in [0.5, 0.6) is 11.5 Å². The first-order valence-electron chi connectivity index (χ1n) is 6.14. The van der Waals surface area contributed by atoms with E-state index in [0.29, 0.717) is 24.7 Å². The molecular weight excluding hydrogens is 310 g/mol. The van der Waals surface area contributed by atoms with Gasteiger partial charge in [0.1, 0.15) is 6.61 Å². The Morgan fingerprint density at radius 1 is 1.42 bits per heavy atom. The van der Waals surface area contributed by atoms with Gasteiger partial charge in [-0.25, -0.2) is 0 Å². The summed E-state index contributed by atoms with van der Waals surface area (Å²) in [6, 6.07) is 3.83. The molecule has 0 saturated carbocycles. The lowest BCUT2D eigenvalue weighted by Crippen LogP contribution is -2.16. The number of ether oxygens (including phenoxy) is 2. The van der Waals surface area contributed by atoms with E-state index in [2.05, 4.69) is 27.8 Å². The molecular formula is C14H20BrNO3. The van der Waals surface area contributed by atoms with Crippen LogP contribution in [0.2, 0.25) is 0 Å². The van der Waals surface area contributed by atoms with Gasteiger partial charge in [-0.05, 0) is 30.7 Å². The van der Waals surface area contributed by atoms with E-state index in [1.54, 1.807) is 13.2 Å². The summed E-state index contributed by atoms with van der Waals surface area (Å²) in [5, 5.41) is 12.0. The molecule has 4 nitrogen and oxygen atoms in total. The summed E-state index contributed by atoms with van der Waals surface area (Å²) in [6.07, 6.45) is 2.44. The average Bonchev–Trinajstić information content (AvgIpc) is 2.42. The highest BCUT2D eigenvalue weighted by Crippen LogP contribution is 2.33. The van der Waals surface area contributed by atoms with Crippen LogP contribution in [0.25, 0.3) is 0 Å². The van der Waals surface area contributed by atoms with Crippen molar-refractivity contribution >= 4 is 15.9 Å². The fraction of sp³-hybridized carbons (Fsp3) is 0.429. The van der Waals surface area contributed by atoms with Crippen molar-refractivity contribution in [1.82, 2.24) is 5.32 Å². The molecule has 2 N–H and O–H groups in total. The lowest BCUT2D eigenvalue weighted by molar-refractivity contribution is 0.286. The zero-order chi connectivity index (χ0) is 14.1. The van der Waals surface area contributed by atoms with E-state index in [1.165, 1.54) is 0 Å². The van der Waals surface area contributed by atoms with Crippen LogP contribution < -0.4 is 14.8 Å². The first kappa shape index (κ1) is 16.0. The molecule has 0 saturated heterocycles. The van der Waals surface area contributed by atoms with Crippen LogP contribution in [-0.2, 0) is 6.54 Å². The van der Waals surface area contributed by atoms with E-state index in [1.807, 2.05) is 12.1 Å². The molecule has 0 aliphatic rings. The first-order valence-corrected chi connectivity index (χ1v) is 6.94. The number of methoxy groups -OCH3 is 1. The third-order valence-corrected chi connectivity index (χ3v) is 3.25. The zero-order valence-corrected chi connectivity index (χ0v) is 12.7. The second kappa shape index (κ2) is 8.96. The fourth-order valence-corrected chi connectivity index (χ4v) is 2.02. The summed E-state index contributed by atoms with van der Waals surface area (Å²) < 4.78 is 11.8. The van der Waals surface area contributed by atoms with Crippen molar-refractivity contribution < 1.29 is 14.6 Å². The molecule has 0 atom stereocenters. The number of hydrogen-bond acceptors (Lipinski definition) is 4. The molecule has 1 rings (SSSR count). The Morgan fingerprint density at radius 3 is 2.84 bits per heavy atom. The second-order valence-electron chi connectivity index (χ2n) is 3.95. The van der Waals surface area contributed by atoms with Crippen molar-refractivity contribution in [1.29, 1.82) is 0 Å². The highest BCUT2D eigenvalue weighted by molar-refractivity contribution is 9.10. The monoisotopic (exact) mass is 329 g/mol. The largest absolute Gasteiger partial charge is 0.493 e. The molecule has 0 spiro atoms. The standard InChI is InChI=1S/C14H20BrNO3/c1-3-7-19-14-9-12(15)11(8-13(14)18-2)10-16-5-4-6-17/h3,8-9,16-17H,1,4-7,10H2,2H3. The van der Waals surface area contributed by atoms with Crippen LogP contribution in [0.1, 0.15) is 12.0 Å². The molecule has 5 heteroatoms. The summed E-state index contributed by atoms with van der Waals surface area (Å²) in [7, 11) is 1.62. The van der Waals surface area contributed by atoms with Crippen molar-refractivity contribution in [2.45, 2.75) is 13.0 Å². The van der Waals surface area contributed by atoms with Gasteiger partial charge in [0.05, 0.1) is 7.11 Å². The predicted octanol–water partition coefficient (Wildman–Crippen LogP) is 2.49. The smallest absolute Gasteiger partial charge is 0.162 e. The minimum absolute atomic E-state index is 0.200. The van der Waals surface area contributed by atoms with Gasteiger partial charge in [-0.1, -0.05) is 28.6 Å². The molecule has 19 heavy (non-hydrogen) atoms. The Hall–Kier alpha value is -1.04. The molecule has 0 bridgehead atoms. The van der Waals surface area contributed by atoms with Crippen molar-refractivity contribution in [2.75, 3.05) is 26.9 Å². The quantitative estimate of drug-likeness (QED) is 0.540. The summed E-state index contributed by atoms with van der Waals surface area (Å²) in [4.78, 5) is 0. The summed E-state index contributed by atoms with van der Waals surface area (Å²) in [5.74, 6) is 1.39. The highest BCUT2D eigenvalue weighted by atomic mass is 79.9. The van der Waals surface area contributed by atoms with Crippen molar-refractivity contribution in [3.05, 3.63) is 34.8 Å². The van der Waals surface area contributed by atoms with E-state index < -0.39 is 0 Å². The van der Waals surface area contributed by atoms with E-state index in [4.69, 9.17) is 14.6 Å². The Labute approximate surface area is 122 Å². The predicted molar refractivity (Wildman–Crippen MR) is 79.8 cm³/mol. The number of aliphatic hydroxyl groups excluding tert-OH is 1. The maximum Gasteiger partial charge on any atom is 0.162 e. The van der Waals surface area contributed by atoms with Gasteiger partial charge in [0.2, 0.25) is 0 Å². The SMILES string of the molecule is C=CCOc1cc(Br)c(CNCCCO)cc1OC. The minimum Gasteiger partial charge on any atom is -0.493 e. The highest BCUT2D eigenvalue weighted by Gasteiger charge is 2.09. The van der Waals surface area contributed by atoms with Crippen LogP contribution in [-0.4, -0.2) is 32.0 Å². The van der Waals surface area contributed by atoms with E-state index in [9.17, 15) is 0 Å². The fourth-order valence-electron chi connectivity index (χ4n) is 1.56. The van der Waals surface area contributed by atoms with Crippen LogP contribution >= 0.6 is 15.9 Å². The molecule has 1 aromatic rings. The normalized spacial score (nSPS) is 10.3. The molecule has 0 heterocycles. The van der Waals surface area contributed by atoms with Crippen molar-refractivity contribution in [3.63, 3.8) is 0 Å². The third-order valence-electron chi connectivity index (χ3n) is 2.52. The summed E-state index contributed by atoms with van der Waals surface area (Å²) in [5.41, 5.74) is 1.08. The Balaban J connectivity index is 2.74. The molecule has 106 valence electrons. The Morgan fingerprint density at radius 2 is 2.21 bits per heavy atom. The maximum atomic E-state index is 8.73. The molecule has 0 aliphatic heterocycles. The Kier molecular flexibility index (Phi) is 7.55. The summed E-state index contributed by atoms with van der Waals surface area (Å²) >= 11 is 3.52. The van der Waals surface area contributed by atoms with Crippen molar-refractivity contribution in [3.8, 4) is 11.5 Å². The van der Waals surface area contributed by atoms with Crippen LogP contribution in [0, 0.1) is 0 Å². The molecule has 0 aromatic heterocycles. The Bertz CT molecular complexity index is 410. The van der Waals surface area contributed by atoms with Gasteiger partial charge in [0, 0.05) is 17.6 Å². The van der Waals surface area contributed by atoms with Gasteiger partial charge in [0.25, 0.3) is 0 Å². The van der Waals surface area contributed by atoms with Gasteiger partial charge in [-0.3, -0.25) is 0 Å².